The van der Waals surface area contributed by atoms with Crippen LogP contribution in [0, 0.1) is 0 Å². The molecule has 0 fully saturated rings. The number of hydrogen-bond acceptors (Lipinski definition) is 3. The molecule has 0 aliphatic carbocycles. The number of hydrogen-bond donors (Lipinski definition) is 1. The van der Waals surface area contributed by atoms with Crippen molar-refractivity contribution in [3.05, 3.63) is 47.3 Å². The number of thiophene rings is 1. The van der Waals surface area contributed by atoms with Gasteiger partial charge in [-0.15, -0.1) is 23.7 Å². The molecule has 98 valence electrons. The Kier molecular flexibility index (Phi) is 7.44. The van der Waals surface area contributed by atoms with Crippen molar-refractivity contribution in [2.45, 2.75) is 21.9 Å². The van der Waals surface area contributed by atoms with Gasteiger partial charge < -0.3 is 5.32 Å². The van der Waals surface area contributed by atoms with E-state index in [1.807, 2.05) is 18.8 Å². The van der Waals surface area contributed by atoms with E-state index in [2.05, 4.69) is 47.1 Å². The van der Waals surface area contributed by atoms with Crippen molar-refractivity contribution in [1.82, 2.24) is 5.32 Å². The molecule has 0 spiro atoms. The smallest absolute Gasteiger partial charge is 0.0646 e. The average Bonchev–Trinajstić information content (AvgIpc) is 2.83. The zero-order valence-electron chi connectivity index (χ0n) is 10.4. The molecule has 1 aromatic heterocycles. The highest BCUT2D eigenvalue weighted by Crippen LogP contribution is 2.31. The van der Waals surface area contributed by atoms with Gasteiger partial charge in [0.2, 0.25) is 0 Å². The van der Waals surface area contributed by atoms with Crippen LogP contribution in [0.3, 0.4) is 0 Å². The number of aryl methyl sites for hydroxylation is 1. The summed E-state index contributed by atoms with van der Waals surface area (Å²) in [5, 5.41) is 5.31. The largest absolute Gasteiger partial charge is 0.320 e. The summed E-state index contributed by atoms with van der Waals surface area (Å²) >= 11 is 3.65. The second kappa shape index (κ2) is 8.59. The Morgan fingerprint density at radius 3 is 2.83 bits per heavy atom. The van der Waals surface area contributed by atoms with E-state index >= 15 is 0 Å². The first-order valence-electron chi connectivity index (χ1n) is 5.83. The molecule has 1 nitrogen and oxygen atoms in total. The molecular weight excluding hydrogens is 282 g/mol. The Labute approximate surface area is 123 Å². The molecule has 0 saturated carbocycles. The van der Waals surface area contributed by atoms with E-state index < -0.39 is 0 Å². The highest BCUT2D eigenvalue weighted by atomic mass is 35.5. The molecular formula is C14H18ClNS2. The predicted molar refractivity (Wildman–Crippen MR) is 84.4 cm³/mol. The van der Waals surface area contributed by atoms with E-state index in [0.29, 0.717) is 0 Å². The molecule has 2 aromatic rings. The van der Waals surface area contributed by atoms with E-state index in [4.69, 9.17) is 0 Å². The molecule has 18 heavy (non-hydrogen) atoms. The van der Waals surface area contributed by atoms with Crippen LogP contribution in [-0.4, -0.2) is 13.6 Å². The molecule has 0 atom stereocenters. The Hall–Kier alpha value is -0.480. The predicted octanol–water partition coefficient (Wildman–Crippen LogP) is 4.47. The summed E-state index contributed by atoms with van der Waals surface area (Å²) in [6.07, 6.45) is 2.35. The molecule has 0 unspecified atom stereocenters. The van der Waals surface area contributed by atoms with Crippen LogP contribution >= 0.6 is 35.5 Å². The summed E-state index contributed by atoms with van der Waals surface area (Å²) in [6, 6.07) is 13.1. The molecule has 0 radical (unpaired) electrons. The minimum absolute atomic E-state index is 0. The lowest BCUT2D eigenvalue weighted by Crippen LogP contribution is -2.08. The van der Waals surface area contributed by atoms with Crippen molar-refractivity contribution in [1.29, 1.82) is 0 Å². The second-order valence-corrected chi connectivity index (χ2v) is 6.21. The van der Waals surface area contributed by atoms with Gasteiger partial charge in [-0.2, -0.15) is 0 Å². The number of benzene rings is 1. The SMILES string of the molecule is CNCCCc1cccc(Sc2cccs2)c1.Cl. The molecule has 2 rings (SSSR count). The highest BCUT2D eigenvalue weighted by Gasteiger charge is 1.99. The maximum atomic E-state index is 3.19. The third kappa shape index (κ3) is 5.02. The lowest BCUT2D eigenvalue weighted by Gasteiger charge is -2.04. The molecule has 1 aromatic carbocycles. The normalized spacial score (nSPS) is 10.1. The topological polar surface area (TPSA) is 12.0 Å². The van der Waals surface area contributed by atoms with Gasteiger partial charge >= 0.3 is 0 Å². The maximum absolute atomic E-state index is 3.19. The van der Waals surface area contributed by atoms with Gasteiger partial charge in [-0.1, -0.05) is 30.0 Å². The Morgan fingerprint density at radius 2 is 2.11 bits per heavy atom. The monoisotopic (exact) mass is 299 g/mol. The van der Waals surface area contributed by atoms with Crippen LogP contribution in [0.15, 0.2) is 50.9 Å². The van der Waals surface area contributed by atoms with Crippen LogP contribution < -0.4 is 5.32 Å². The van der Waals surface area contributed by atoms with E-state index in [0.717, 1.165) is 13.0 Å². The van der Waals surface area contributed by atoms with Gasteiger partial charge in [0.15, 0.2) is 0 Å². The summed E-state index contributed by atoms with van der Waals surface area (Å²) in [4.78, 5) is 1.34. The third-order valence-electron chi connectivity index (χ3n) is 2.50. The fourth-order valence-corrected chi connectivity index (χ4v) is 3.50. The van der Waals surface area contributed by atoms with E-state index in [1.54, 1.807) is 11.3 Å². The van der Waals surface area contributed by atoms with Gasteiger partial charge in [-0.3, -0.25) is 0 Å². The van der Waals surface area contributed by atoms with Gasteiger partial charge in [-0.25, -0.2) is 0 Å². The first kappa shape index (κ1) is 15.6. The first-order valence-corrected chi connectivity index (χ1v) is 7.53. The second-order valence-electron chi connectivity index (χ2n) is 3.89. The molecule has 1 heterocycles. The van der Waals surface area contributed by atoms with Crippen LogP contribution in [0.5, 0.6) is 0 Å². The van der Waals surface area contributed by atoms with Gasteiger partial charge in [0.1, 0.15) is 0 Å². The van der Waals surface area contributed by atoms with Crippen molar-refractivity contribution in [2.75, 3.05) is 13.6 Å². The molecule has 4 heteroatoms. The number of nitrogens with one attached hydrogen (secondary N) is 1. The molecule has 1 N–H and O–H groups in total. The van der Waals surface area contributed by atoms with E-state index in [-0.39, 0.29) is 12.4 Å². The Morgan fingerprint density at radius 1 is 1.22 bits per heavy atom. The maximum Gasteiger partial charge on any atom is 0.0646 e. The Balaban J connectivity index is 0.00000162. The van der Waals surface area contributed by atoms with Crippen LogP contribution in [0.25, 0.3) is 0 Å². The van der Waals surface area contributed by atoms with Crippen LogP contribution in [0.1, 0.15) is 12.0 Å². The lowest BCUT2D eigenvalue weighted by atomic mass is 10.1. The van der Waals surface area contributed by atoms with Gasteiger partial charge in [0, 0.05) is 4.90 Å². The molecule has 0 bridgehead atoms. The fourth-order valence-electron chi connectivity index (χ4n) is 1.67. The first-order chi connectivity index (χ1) is 8.38. The number of halogens is 1. The minimum Gasteiger partial charge on any atom is -0.320 e. The van der Waals surface area contributed by atoms with Crippen LogP contribution in [0.4, 0.5) is 0 Å². The van der Waals surface area contributed by atoms with Crippen molar-refractivity contribution in [3.8, 4) is 0 Å². The van der Waals surface area contributed by atoms with Crippen molar-refractivity contribution >= 4 is 35.5 Å². The Bertz CT molecular complexity index is 443. The third-order valence-corrected chi connectivity index (χ3v) is 4.53. The summed E-state index contributed by atoms with van der Waals surface area (Å²) < 4.78 is 1.36. The van der Waals surface area contributed by atoms with Gasteiger partial charge in [-0.05, 0) is 55.6 Å². The quantitative estimate of drug-likeness (QED) is 0.790. The summed E-state index contributed by atoms with van der Waals surface area (Å²) in [7, 11) is 2.00. The van der Waals surface area contributed by atoms with E-state index in [1.165, 1.54) is 21.1 Å². The minimum atomic E-state index is 0. The van der Waals surface area contributed by atoms with Crippen molar-refractivity contribution < 1.29 is 0 Å². The van der Waals surface area contributed by atoms with Gasteiger partial charge in [0.25, 0.3) is 0 Å². The average molecular weight is 300 g/mol. The number of rotatable bonds is 6. The van der Waals surface area contributed by atoms with Crippen molar-refractivity contribution in [3.63, 3.8) is 0 Å². The van der Waals surface area contributed by atoms with Crippen LogP contribution in [0.2, 0.25) is 0 Å². The fraction of sp³-hybridized carbons (Fsp3) is 0.286. The standard InChI is InChI=1S/C14H17NS2.ClH/c1-15-9-3-6-12-5-2-7-13(11-12)17-14-8-4-10-16-14;/h2,4-5,7-8,10-11,15H,3,6,9H2,1H3;1H. The highest BCUT2D eigenvalue weighted by molar-refractivity contribution is 8.01. The molecule has 0 aliphatic rings. The summed E-state index contributed by atoms with van der Waals surface area (Å²) in [5.41, 5.74) is 1.43. The molecule has 0 aliphatic heterocycles. The van der Waals surface area contributed by atoms with E-state index in [9.17, 15) is 0 Å². The summed E-state index contributed by atoms with van der Waals surface area (Å²) in [5.74, 6) is 0. The zero-order chi connectivity index (χ0) is 11.9. The lowest BCUT2D eigenvalue weighted by molar-refractivity contribution is 0.724. The zero-order valence-corrected chi connectivity index (χ0v) is 12.8. The van der Waals surface area contributed by atoms with Gasteiger partial charge in [0.05, 0.1) is 4.21 Å². The molecule has 0 saturated heterocycles. The van der Waals surface area contributed by atoms with Crippen LogP contribution in [-0.2, 0) is 6.42 Å². The summed E-state index contributed by atoms with van der Waals surface area (Å²) in [6.45, 7) is 1.09. The molecule has 0 amide bonds. The van der Waals surface area contributed by atoms with Crippen molar-refractivity contribution in [2.24, 2.45) is 0 Å².